The fourth-order valence-electron chi connectivity index (χ4n) is 5.33. The van der Waals surface area contributed by atoms with Gasteiger partial charge in [0.05, 0.1) is 6.42 Å². The summed E-state index contributed by atoms with van der Waals surface area (Å²) < 4.78 is 16.5. The maximum absolute atomic E-state index is 12.7. The van der Waals surface area contributed by atoms with Gasteiger partial charge in [0.2, 0.25) is 0 Å². The number of carbonyl (C=O) groups is 3. The predicted octanol–water partition coefficient (Wildman–Crippen LogP) is 14.4. The number of hydrogen-bond donors (Lipinski definition) is 0. The summed E-state index contributed by atoms with van der Waals surface area (Å²) in [4.78, 5) is 37.6. The zero-order valence-electron chi connectivity index (χ0n) is 36.5. The number of ether oxygens (including phenoxy) is 3. The number of hydrogen-bond acceptors (Lipinski definition) is 6. The van der Waals surface area contributed by atoms with Gasteiger partial charge in [-0.15, -0.1) is 0 Å². The van der Waals surface area contributed by atoms with Gasteiger partial charge in [0.1, 0.15) is 13.2 Å². The van der Waals surface area contributed by atoms with Crippen molar-refractivity contribution in [2.45, 2.75) is 162 Å². The van der Waals surface area contributed by atoms with Crippen LogP contribution >= 0.6 is 0 Å². The van der Waals surface area contributed by atoms with Crippen LogP contribution in [0.3, 0.4) is 0 Å². The molecule has 0 aliphatic rings. The third-order valence-electron chi connectivity index (χ3n) is 8.58. The van der Waals surface area contributed by atoms with Crippen LogP contribution < -0.4 is 0 Å². The van der Waals surface area contributed by atoms with E-state index in [-0.39, 0.29) is 44.4 Å². The molecule has 0 heterocycles. The van der Waals surface area contributed by atoms with Crippen molar-refractivity contribution < 1.29 is 28.6 Å². The fraction of sp³-hybridized carbons (Fsp3) is 0.519. The van der Waals surface area contributed by atoms with Crippen LogP contribution in [-0.4, -0.2) is 37.2 Å². The number of rotatable bonds is 37. The van der Waals surface area contributed by atoms with Gasteiger partial charge >= 0.3 is 17.9 Å². The zero-order valence-corrected chi connectivity index (χ0v) is 36.5. The van der Waals surface area contributed by atoms with Gasteiger partial charge in [0.25, 0.3) is 0 Å². The second kappa shape index (κ2) is 45.3. The lowest BCUT2D eigenvalue weighted by Gasteiger charge is -2.18. The molecule has 0 spiro atoms. The van der Waals surface area contributed by atoms with Crippen molar-refractivity contribution in [1.82, 2.24) is 0 Å². The van der Waals surface area contributed by atoms with E-state index in [1.165, 1.54) is 19.3 Å². The van der Waals surface area contributed by atoms with Crippen LogP contribution in [0.4, 0.5) is 0 Å². The third kappa shape index (κ3) is 42.7. The Balaban J connectivity index is 4.56. The van der Waals surface area contributed by atoms with E-state index in [1.807, 2.05) is 66.8 Å². The molecule has 6 nitrogen and oxygen atoms in total. The highest BCUT2D eigenvalue weighted by Gasteiger charge is 2.19. The maximum atomic E-state index is 12.7. The smallest absolute Gasteiger partial charge is 0.309 e. The topological polar surface area (TPSA) is 78.9 Å². The van der Waals surface area contributed by atoms with Crippen molar-refractivity contribution >= 4 is 17.9 Å². The minimum Gasteiger partial charge on any atom is -0.462 e. The predicted molar refractivity (Wildman–Crippen MR) is 246 cm³/mol. The molecule has 1 atom stereocenters. The highest BCUT2D eigenvalue weighted by atomic mass is 16.6. The standard InChI is InChI=1S/C52H78O6/c1-4-7-10-13-16-19-21-23-25-26-27-29-30-33-36-39-42-45-51(54)57-48-49(47-56-50(53)44-41-38-35-32-18-15-12-9-6-3)58-52(55)46-43-40-37-34-31-28-24-22-20-17-14-11-8-5-2/h7-13,16-21,23,25-27,29-30,32,38,41,49H,4-6,14-15,22,24,28,31,33-37,39-40,42-48H2,1-3H3/b10-7-,11-8-,12-9-,16-13-,20-17-,21-19-,25-23-,27-26+,30-29-,32-18-,41-38-. The maximum Gasteiger partial charge on any atom is 0.309 e. The molecule has 0 N–H and O–H groups in total. The Hall–Kier alpha value is -4.45. The lowest BCUT2D eigenvalue weighted by Crippen LogP contribution is -2.30. The molecule has 0 rings (SSSR count). The summed E-state index contributed by atoms with van der Waals surface area (Å²) in [5, 5.41) is 0. The van der Waals surface area contributed by atoms with Crippen molar-refractivity contribution in [3.05, 3.63) is 134 Å². The van der Waals surface area contributed by atoms with E-state index in [1.54, 1.807) is 6.08 Å². The van der Waals surface area contributed by atoms with Gasteiger partial charge in [-0.25, -0.2) is 0 Å². The van der Waals surface area contributed by atoms with Gasteiger partial charge in [0, 0.05) is 12.8 Å². The Morgan fingerprint density at radius 2 is 0.776 bits per heavy atom. The molecule has 1 unspecified atom stereocenters. The first-order chi connectivity index (χ1) is 28.5. The minimum absolute atomic E-state index is 0.118. The number of unbranched alkanes of at least 4 members (excludes halogenated alkanes) is 10. The summed E-state index contributed by atoms with van der Waals surface area (Å²) in [6.45, 7) is 6.08. The lowest BCUT2D eigenvalue weighted by molar-refractivity contribution is -0.166. The van der Waals surface area contributed by atoms with Crippen LogP contribution in [0.15, 0.2) is 134 Å². The number of carbonyl (C=O) groups excluding carboxylic acids is 3. The van der Waals surface area contributed by atoms with Crippen molar-refractivity contribution in [1.29, 1.82) is 0 Å². The highest BCUT2D eigenvalue weighted by Crippen LogP contribution is 2.12. The van der Waals surface area contributed by atoms with Crippen molar-refractivity contribution in [3.63, 3.8) is 0 Å². The average molecular weight is 799 g/mol. The normalized spacial score (nSPS) is 13.4. The third-order valence-corrected chi connectivity index (χ3v) is 8.58. The monoisotopic (exact) mass is 799 g/mol. The van der Waals surface area contributed by atoms with Gasteiger partial charge in [-0.2, -0.15) is 0 Å². The Kier molecular flexibility index (Phi) is 41.8. The van der Waals surface area contributed by atoms with E-state index in [2.05, 4.69) is 81.5 Å². The first-order valence-electron chi connectivity index (χ1n) is 22.3. The molecule has 0 amide bonds. The second-order valence-corrected chi connectivity index (χ2v) is 14.0. The van der Waals surface area contributed by atoms with E-state index in [0.29, 0.717) is 6.42 Å². The molecule has 322 valence electrons. The molecule has 0 aromatic rings. The molecule has 0 aliphatic carbocycles. The molecule has 0 aliphatic heterocycles. The van der Waals surface area contributed by atoms with E-state index >= 15 is 0 Å². The summed E-state index contributed by atoms with van der Waals surface area (Å²) >= 11 is 0. The molecular formula is C52H78O6. The summed E-state index contributed by atoms with van der Waals surface area (Å²) in [5.41, 5.74) is 0. The van der Waals surface area contributed by atoms with Crippen molar-refractivity contribution in [3.8, 4) is 0 Å². The molecule has 0 aromatic heterocycles. The summed E-state index contributed by atoms with van der Waals surface area (Å²) in [7, 11) is 0. The largest absolute Gasteiger partial charge is 0.462 e. The summed E-state index contributed by atoms with van der Waals surface area (Å²) in [5.74, 6) is -1.13. The van der Waals surface area contributed by atoms with Gasteiger partial charge in [-0.05, 0) is 77.0 Å². The fourth-order valence-corrected chi connectivity index (χ4v) is 5.33. The molecule has 0 saturated heterocycles. The minimum atomic E-state index is -0.839. The molecule has 6 heteroatoms. The van der Waals surface area contributed by atoms with Gasteiger partial charge in [-0.1, -0.05) is 193 Å². The number of esters is 3. The zero-order chi connectivity index (χ0) is 42.3. The van der Waals surface area contributed by atoms with Crippen molar-refractivity contribution in [2.75, 3.05) is 13.2 Å². The summed E-state index contributed by atoms with van der Waals surface area (Å²) in [6, 6.07) is 0. The van der Waals surface area contributed by atoms with Crippen LogP contribution in [-0.2, 0) is 28.6 Å². The Bertz CT molecular complexity index is 1330. The Morgan fingerprint density at radius 3 is 1.34 bits per heavy atom. The van der Waals surface area contributed by atoms with Gasteiger partial charge < -0.3 is 14.2 Å². The molecule has 58 heavy (non-hydrogen) atoms. The van der Waals surface area contributed by atoms with E-state index in [4.69, 9.17) is 14.2 Å². The molecule has 0 aromatic carbocycles. The molecule has 0 radical (unpaired) electrons. The first kappa shape index (κ1) is 53.6. The van der Waals surface area contributed by atoms with Gasteiger partial charge in [0.15, 0.2) is 6.10 Å². The van der Waals surface area contributed by atoms with Crippen LogP contribution in [0.1, 0.15) is 156 Å². The van der Waals surface area contributed by atoms with Crippen LogP contribution in [0.2, 0.25) is 0 Å². The van der Waals surface area contributed by atoms with Crippen LogP contribution in [0, 0.1) is 0 Å². The van der Waals surface area contributed by atoms with E-state index in [9.17, 15) is 14.4 Å². The van der Waals surface area contributed by atoms with Crippen molar-refractivity contribution in [2.24, 2.45) is 0 Å². The first-order valence-corrected chi connectivity index (χ1v) is 22.3. The summed E-state index contributed by atoms with van der Waals surface area (Å²) in [6.07, 6.45) is 63.2. The lowest BCUT2D eigenvalue weighted by atomic mass is 10.1. The molecule has 0 bridgehead atoms. The SMILES string of the molecule is CC\C=C/C=C\C=C/C=C\C=C\C=C/CCCCCC(=O)OCC(COC(=O)C/C=C\C/C=C\C/C=C\CC)OC(=O)CCCCCCCCC/C=C\C/C=C\CC. The second-order valence-electron chi connectivity index (χ2n) is 14.0. The Morgan fingerprint density at radius 1 is 0.379 bits per heavy atom. The van der Waals surface area contributed by atoms with Crippen LogP contribution in [0.5, 0.6) is 0 Å². The molecular weight excluding hydrogens is 721 g/mol. The average Bonchev–Trinajstić information content (AvgIpc) is 3.22. The van der Waals surface area contributed by atoms with E-state index < -0.39 is 12.1 Å². The quantitative estimate of drug-likeness (QED) is 0.0205. The number of allylic oxidation sites excluding steroid dienone is 21. The molecule has 0 saturated carbocycles. The van der Waals surface area contributed by atoms with E-state index in [0.717, 1.165) is 89.9 Å². The molecule has 0 fully saturated rings. The Labute approximate surface area is 354 Å². The highest BCUT2D eigenvalue weighted by molar-refractivity contribution is 5.72. The van der Waals surface area contributed by atoms with Gasteiger partial charge in [-0.3, -0.25) is 14.4 Å². The van der Waals surface area contributed by atoms with Crippen LogP contribution in [0.25, 0.3) is 0 Å².